The first-order valence-corrected chi connectivity index (χ1v) is 10.0. The maximum Gasteiger partial charge on any atom is 0.251 e. The lowest BCUT2D eigenvalue weighted by molar-refractivity contribution is 0.0954. The van der Waals surface area contributed by atoms with Gasteiger partial charge in [0.05, 0.1) is 12.0 Å². The van der Waals surface area contributed by atoms with Crippen molar-refractivity contribution in [1.29, 1.82) is 0 Å². The second-order valence-corrected chi connectivity index (χ2v) is 7.93. The molecule has 7 heteroatoms. The standard InChI is InChI=1S/C19H22N2O4S/c1-25-17-7-9-18(10-8-17)26(23,24)21-12-11-20-19(22)16-6-5-14-3-2-4-15(14)13-16/h5-10,13,21H,2-4,11-12H2,1H3,(H,20,22). The van der Waals surface area contributed by atoms with Gasteiger partial charge < -0.3 is 10.1 Å². The van der Waals surface area contributed by atoms with Crippen molar-refractivity contribution in [1.82, 2.24) is 10.0 Å². The van der Waals surface area contributed by atoms with Crippen LogP contribution < -0.4 is 14.8 Å². The minimum Gasteiger partial charge on any atom is -0.497 e. The topological polar surface area (TPSA) is 84.5 Å². The van der Waals surface area contributed by atoms with E-state index in [0.717, 1.165) is 19.3 Å². The van der Waals surface area contributed by atoms with Gasteiger partial charge in [-0.25, -0.2) is 13.1 Å². The van der Waals surface area contributed by atoms with E-state index in [-0.39, 0.29) is 23.9 Å². The van der Waals surface area contributed by atoms with Crippen LogP contribution in [0.3, 0.4) is 0 Å². The zero-order valence-electron chi connectivity index (χ0n) is 14.6. The van der Waals surface area contributed by atoms with Crippen molar-refractivity contribution in [2.24, 2.45) is 0 Å². The first-order valence-electron chi connectivity index (χ1n) is 8.53. The summed E-state index contributed by atoms with van der Waals surface area (Å²) < 4.78 is 31.9. The summed E-state index contributed by atoms with van der Waals surface area (Å²) in [5.74, 6) is 0.397. The van der Waals surface area contributed by atoms with E-state index < -0.39 is 10.0 Å². The van der Waals surface area contributed by atoms with Gasteiger partial charge in [0, 0.05) is 18.7 Å². The van der Waals surface area contributed by atoms with E-state index in [0.29, 0.717) is 11.3 Å². The summed E-state index contributed by atoms with van der Waals surface area (Å²) in [5.41, 5.74) is 3.16. The van der Waals surface area contributed by atoms with Crippen LogP contribution in [0.2, 0.25) is 0 Å². The fraction of sp³-hybridized carbons (Fsp3) is 0.316. The molecular formula is C19H22N2O4S. The predicted molar refractivity (Wildman–Crippen MR) is 99.0 cm³/mol. The van der Waals surface area contributed by atoms with Gasteiger partial charge in [-0.3, -0.25) is 4.79 Å². The Morgan fingerprint density at radius 2 is 1.77 bits per heavy atom. The number of fused-ring (bicyclic) bond motifs is 1. The Labute approximate surface area is 153 Å². The van der Waals surface area contributed by atoms with Crippen LogP contribution in [0.25, 0.3) is 0 Å². The molecule has 0 aliphatic heterocycles. The number of methoxy groups -OCH3 is 1. The molecule has 0 unspecified atom stereocenters. The highest BCUT2D eigenvalue weighted by molar-refractivity contribution is 7.89. The van der Waals surface area contributed by atoms with Crippen molar-refractivity contribution >= 4 is 15.9 Å². The summed E-state index contributed by atoms with van der Waals surface area (Å²) >= 11 is 0. The highest BCUT2D eigenvalue weighted by Crippen LogP contribution is 2.22. The van der Waals surface area contributed by atoms with Crippen LogP contribution in [-0.2, 0) is 22.9 Å². The van der Waals surface area contributed by atoms with Crippen LogP contribution in [0, 0.1) is 0 Å². The highest BCUT2D eigenvalue weighted by atomic mass is 32.2. The van der Waals surface area contributed by atoms with E-state index in [9.17, 15) is 13.2 Å². The van der Waals surface area contributed by atoms with Crippen LogP contribution in [0.15, 0.2) is 47.4 Å². The number of hydrogen-bond donors (Lipinski definition) is 2. The summed E-state index contributed by atoms with van der Waals surface area (Å²) in [4.78, 5) is 12.4. The van der Waals surface area contributed by atoms with Crippen molar-refractivity contribution in [3.8, 4) is 5.75 Å². The number of sulfonamides is 1. The molecule has 26 heavy (non-hydrogen) atoms. The maximum absolute atomic E-state index is 12.2. The molecule has 0 saturated carbocycles. The van der Waals surface area contributed by atoms with Gasteiger partial charge in [-0.1, -0.05) is 6.07 Å². The van der Waals surface area contributed by atoms with E-state index in [1.807, 2.05) is 18.2 Å². The Kier molecular flexibility index (Phi) is 5.58. The minimum atomic E-state index is -3.61. The first kappa shape index (κ1) is 18.4. The van der Waals surface area contributed by atoms with Gasteiger partial charge in [0.2, 0.25) is 10.0 Å². The Morgan fingerprint density at radius 3 is 2.50 bits per heavy atom. The minimum absolute atomic E-state index is 0.116. The molecule has 0 saturated heterocycles. The SMILES string of the molecule is COc1ccc(S(=O)(=O)NCCNC(=O)c2ccc3c(c2)CCC3)cc1. The number of hydrogen-bond acceptors (Lipinski definition) is 4. The van der Waals surface area contributed by atoms with Gasteiger partial charge in [0.15, 0.2) is 0 Å². The smallest absolute Gasteiger partial charge is 0.251 e. The van der Waals surface area contributed by atoms with E-state index in [2.05, 4.69) is 10.0 Å². The molecule has 0 spiro atoms. The molecule has 1 aliphatic carbocycles. The Balaban J connectivity index is 1.50. The summed E-state index contributed by atoms with van der Waals surface area (Å²) in [6.45, 7) is 0.330. The number of aryl methyl sites for hydroxylation is 2. The molecule has 6 nitrogen and oxygen atoms in total. The van der Waals surface area contributed by atoms with Crippen LogP contribution in [0.5, 0.6) is 5.75 Å². The van der Waals surface area contributed by atoms with Crippen LogP contribution in [-0.4, -0.2) is 34.5 Å². The van der Waals surface area contributed by atoms with Gasteiger partial charge >= 0.3 is 0 Å². The second-order valence-electron chi connectivity index (χ2n) is 6.17. The van der Waals surface area contributed by atoms with Gasteiger partial charge in [-0.05, 0) is 66.8 Å². The van der Waals surface area contributed by atoms with Crippen LogP contribution >= 0.6 is 0 Å². The van der Waals surface area contributed by atoms with Crippen LogP contribution in [0.4, 0.5) is 0 Å². The molecule has 0 bridgehead atoms. The zero-order valence-corrected chi connectivity index (χ0v) is 15.4. The highest BCUT2D eigenvalue weighted by Gasteiger charge is 2.15. The van der Waals surface area contributed by atoms with Crippen molar-refractivity contribution < 1.29 is 17.9 Å². The number of nitrogens with one attached hydrogen (secondary N) is 2. The molecule has 138 valence electrons. The lowest BCUT2D eigenvalue weighted by Gasteiger charge is -2.09. The number of amides is 1. The molecule has 2 aromatic rings. The molecule has 0 atom stereocenters. The Morgan fingerprint density at radius 1 is 1.04 bits per heavy atom. The third-order valence-corrected chi connectivity index (χ3v) is 5.91. The number of carbonyl (C=O) groups is 1. The summed E-state index contributed by atoms with van der Waals surface area (Å²) in [6, 6.07) is 11.9. The van der Waals surface area contributed by atoms with E-state index in [1.165, 1.54) is 30.4 Å². The molecule has 2 N–H and O–H groups in total. The third-order valence-electron chi connectivity index (χ3n) is 4.43. The fourth-order valence-electron chi connectivity index (χ4n) is 3.01. The second kappa shape index (κ2) is 7.88. The number of rotatable bonds is 7. The van der Waals surface area contributed by atoms with Crippen LogP contribution in [0.1, 0.15) is 27.9 Å². The first-order chi connectivity index (χ1) is 12.5. The molecule has 3 rings (SSSR count). The average Bonchev–Trinajstić information content (AvgIpc) is 3.13. The largest absolute Gasteiger partial charge is 0.497 e. The molecular weight excluding hydrogens is 352 g/mol. The molecule has 0 heterocycles. The average molecular weight is 374 g/mol. The molecule has 0 radical (unpaired) electrons. The van der Waals surface area contributed by atoms with Crippen molar-refractivity contribution in [2.75, 3.05) is 20.2 Å². The normalized spacial score (nSPS) is 13.3. The number of carbonyl (C=O) groups excluding carboxylic acids is 1. The number of benzene rings is 2. The predicted octanol–water partition coefficient (Wildman–Crippen LogP) is 1.89. The fourth-order valence-corrected chi connectivity index (χ4v) is 4.05. The van der Waals surface area contributed by atoms with Gasteiger partial charge in [-0.15, -0.1) is 0 Å². The van der Waals surface area contributed by atoms with E-state index in [1.54, 1.807) is 12.1 Å². The van der Waals surface area contributed by atoms with Gasteiger partial charge in [0.25, 0.3) is 5.91 Å². The zero-order chi connectivity index (χ0) is 18.6. The number of ether oxygens (including phenoxy) is 1. The Bertz CT molecular complexity index is 892. The molecule has 0 fully saturated rings. The van der Waals surface area contributed by atoms with Crippen molar-refractivity contribution in [3.05, 3.63) is 59.2 Å². The quantitative estimate of drug-likeness (QED) is 0.725. The lowest BCUT2D eigenvalue weighted by Crippen LogP contribution is -2.34. The molecule has 1 amide bonds. The van der Waals surface area contributed by atoms with Crippen molar-refractivity contribution in [2.45, 2.75) is 24.2 Å². The summed E-state index contributed by atoms with van der Waals surface area (Å²) in [6.07, 6.45) is 3.22. The maximum atomic E-state index is 12.2. The summed E-state index contributed by atoms with van der Waals surface area (Å²) in [7, 11) is -2.09. The van der Waals surface area contributed by atoms with Gasteiger partial charge in [0.1, 0.15) is 5.75 Å². The van der Waals surface area contributed by atoms with E-state index >= 15 is 0 Å². The third kappa shape index (κ3) is 4.23. The monoisotopic (exact) mass is 374 g/mol. The van der Waals surface area contributed by atoms with Crippen molar-refractivity contribution in [3.63, 3.8) is 0 Å². The summed E-state index contributed by atoms with van der Waals surface area (Å²) in [5, 5.41) is 2.75. The molecule has 1 aliphatic rings. The van der Waals surface area contributed by atoms with Gasteiger partial charge in [-0.2, -0.15) is 0 Å². The molecule has 2 aromatic carbocycles. The molecule has 0 aromatic heterocycles. The lowest BCUT2D eigenvalue weighted by atomic mass is 10.1. The Hall–Kier alpha value is -2.38. The van der Waals surface area contributed by atoms with E-state index in [4.69, 9.17) is 4.74 Å².